The second-order valence-corrected chi connectivity index (χ2v) is 5.87. The summed E-state index contributed by atoms with van der Waals surface area (Å²) in [5.74, 6) is -0.158. The van der Waals surface area contributed by atoms with E-state index in [2.05, 4.69) is 5.32 Å². The van der Waals surface area contributed by atoms with Gasteiger partial charge in [-0.2, -0.15) is 11.8 Å². The summed E-state index contributed by atoms with van der Waals surface area (Å²) in [6, 6.07) is 10.0. The largest absolute Gasteiger partial charge is 0.480 e. The molecule has 1 rings (SSSR count). The van der Waals surface area contributed by atoms with Crippen LogP contribution in [0.5, 0.6) is 0 Å². The molecule has 0 aliphatic carbocycles. The number of rotatable bonds is 7. The van der Waals surface area contributed by atoms with Crippen LogP contribution in [0.25, 0.3) is 0 Å². The lowest BCUT2D eigenvalue weighted by Crippen LogP contribution is -2.50. The number of aliphatic carboxylic acids is 1. The van der Waals surface area contributed by atoms with Crippen molar-refractivity contribution in [1.82, 2.24) is 5.32 Å². The number of benzene rings is 1. The summed E-state index contributed by atoms with van der Waals surface area (Å²) in [7, 11) is 0. The van der Waals surface area contributed by atoms with Crippen LogP contribution < -0.4 is 5.32 Å². The van der Waals surface area contributed by atoms with Gasteiger partial charge in [-0.05, 0) is 31.6 Å². The highest BCUT2D eigenvalue weighted by Crippen LogP contribution is 2.08. The van der Waals surface area contributed by atoms with Gasteiger partial charge >= 0.3 is 5.97 Å². The normalized spacial score (nSPS) is 11.1. The van der Waals surface area contributed by atoms with E-state index in [4.69, 9.17) is 5.11 Å². The number of aryl methyl sites for hydroxylation is 1. The lowest BCUT2D eigenvalue weighted by atomic mass is 10.1. The topological polar surface area (TPSA) is 66.4 Å². The number of hydrogen-bond donors (Lipinski definition) is 2. The first-order chi connectivity index (χ1) is 8.92. The second-order valence-electron chi connectivity index (χ2n) is 4.77. The van der Waals surface area contributed by atoms with E-state index in [0.29, 0.717) is 0 Å². The maximum absolute atomic E-state index is 11.6. The average Bonchev–Trinajstić information content (AvgIpc) is 2.35. The van der Waals surface area contributed by atoms with E-state index in [-0.39, 0.29) is 11.7 Å². The minimum atomic E-state index is -1.21. The van der Waals surface area contributed by atoms with Gasteiger partial charge in [0.05, 0.1) is 5.75 Å². The van der Waals surface area contributed by atoms with Crippen molar-refractivity contribution in [2.45, 2.75) is 25.8 Å². The third-order valence-corrected chi connectivity index (χ3v) is 3.56. The molecule has 1 aromatic carbocycles. The van der Waals surface area contributed by atoms with E-state index in [1.807, 2.05) is 30.3 Å². The van der Waals surface area contributed by atoms with Gasteiger partial charge in [0.15, 0.2) is 0 Å². The van der Waals surface area contributed by atoms with Crippen molar-refractivity contribution in [1.29, 1.82) is 0 Å². The van der Waals surface area contributed by atoms with E-state index in [1.54, 1.807) is 0 Å². The summed E-state index contributed by atoms with van der Waals surface area (Å²) in [5, 5.41) is 11.4. The van der Waals surface area contributed by atoms with Crippen molar-refractivity contribution >= 4 is 23.6 Å². The van der Waals surface area contributed by atoms with E-state index in [9.17, 15) is 9.59 Å². The smallest absolute Gasteiger partial charge is 0.328 e. The maximum Gasteiger partial charge on any atom is 0.328 e. The number of thioether (sulfide) groups is 1. The number of hydrogen-bond acceptors (Lipinski definition) is 3. The molecule has 0 atom stereocenters. The van der Waals surface area contributed by atoms with Gasteiger partial charge in [-0.25, -0.2) is 4.79 Å². The summed E-state index contributed by atoms with van der Waals surface area (Å²) in [6.07, 6.45) is 0.904. The van der Waals surface area contributed by atoms with E-state index < -0.39 is 11.5 Å². The van der Waals surface area contributed by atoms with Crippen LogP contribution in [0.2, 0.25) is 0 Å². The van der Waals surface area contributed by atoms with Gasteiger partial charge in [0.25, 0.3) is 0 Å². The van der Waals surface area contributed by atoms with Crippen LogP contribution in [0.4, 0.5) is 0 Å². The first-order valence-corrected chi connectivity index (χ1v) is 7.23. The molecule has 0 radical (unpaired) electrons. The van der Waals surface area contributed by atoms with Gasteiger partial charge in [0.2, 0.25) is 5.91 Å². The van der Waals surface area contributed by atoms with Crippen LogP contribution >= 0.6 is 11.8 Å². The molecular weight excluding hydrogens is 262 g/mol. The molecule has 0 heterocycles. The monoisotopic (exact) mass is 281 g/mol. The van der Waals surface area contributed by atoms with Gasteiger partial charge in [0, 0.05) is 0 Å². The Morgan fingerprint density at radius 1 is 1.26 bits per heavy atom. The summed E-state index contributed by atoms with van der Waals surface area (Å²) >= 11 is 1.50. The van der Waals surface area contributed by atoms with Crippen molar-refractivity contribution in [3.8, 4) is 0 Å². The summed E-state index contributed by atoms with van der Waals surface area (Å²) in [6.45, 7) is 2.95. The van der Waals surface area contributed by atoms with Gasteiger partial charge < -0.3 is 10.4 Å². The predicted octanol–water partition coefficient (Wildman–Crippen LogP) is 1.94. The fourth-order valence-corrected chi connectivity index (χ4v) is 2.22. The molecule has 0 aromatic heterocycles. The minimum Gasteiger partial charge on any atom is -0.480 e. The average molecular weight is 281 g/mol. The molecule has 0 spiro atoms. The Labute approximate surface area is 117 Å². The molecule has 0 fully saturated rings. The molecule has 0 unspecified atom stereocenters. The van der Waals surface area contributed by atoms with E-state index >= 15 is 0 Å². The zero-order valence-corrected chi connectivity index (χ0v) is 12.0. The van der Waals surface area contributed by atoms with Gasteiger partial charge in [0.1, 0.15) is 5.54 Å². The van der Waals surface area contributed by atoms with Crippen LogP contribution in [-0.4, -0.2) is 34.0 Å². The molecular formula is C14H19NO3S. The van der Waals surface area contributed by atoms with Crippen molar-refractivity contribution in [2.75, 3.05) is 11.5 Å². The summed E-state index contributed by atoms with van der Waals surface area (Å²) < 4.78 is 0. The summed E-state index contributed by atoms with van der Waals surface area (Å²) in [5.41, 5.74) is 0.0261. The summed E-state index contributed by atoms with van der Waals surface area (Å²) in [4.78, 5) is 22.4. The molecule has 1 amide bonds. The van der Waals surface area contributed by atoms with Gasteiger partial charge in [-0.15, -0.1) is 0 Å². The maximum atomic E-state index is 11.6. The lowest BCUT2D eigenvalue weighted by Gasteiger charge is -2.20. The number of amides is 1. The molecule has 1 aromatic rings. The molecule has 0 saturated carbocycles. The highest BCUT2D eigenvalue weighted by molar-refractivity contribution is 7.99. The fraction of sp³-hybridized carbons (Fsp3) is 0.429. The van der Waals surface area contributed by atoms with Crippen LogP contribution in [0, 0.1) is 0 Å². The van der Waals surface area contributed by atoms with E-state index in [0.717, 1.165) is 12.2 Å². The van der Waals surface area contributed by atoms with Crippen LogP contribution in [0.15, 0.2) is 30.3 Å². The zero-order valence-electron chi connectivity index (χ0n) is 11.2. The number of carbonyl (C=O) groups is 2. The molecule has 5 heteroatoms. The number of nitrogens with one attached hydrogen (secondary N) is 1. The van der Waals surface area contributed by atoms with Crippen LogP contribution in [0.3, 0.4) is 0 Å². The highest BCUT2D eigenvalue weighted by atomic mass is 32.2. The lowest BCUT2D eigenvalue weighted by molar-refractivity contribution is -0.145. The van der Waals surface area contributed by atoms with Crippen molar-refractivity contribution < 1.29 is 14.7 Å². The minimum absolute atomic E-state index is 0.245. The predicted molar refractivity (Wildman–Crippen MR) is 77.3 cm³/mol. The Bertz CT molecular complexity index is 432. The van der Waals surface area contributed by atoms with Crippen molar-refractivity contribution in [2.24, 2.45) is 0 Å². The van der Waals surface area contributed by atoms with Crippen LogP contribution in [-0.2, 0) is 16.0 Å². The third kappa shape index (κ3) is 5.79. The molecule has 2 N–H and O–H groups in total. The second kappa shape index (κ2) is 7.19. The van der Waals surface area contributed by atoms with Gasteiger partial charge in [-0.1, -0.05) is 30.3 Å². The van der Waals surface area contributed by atoms with Crippen molar-refractivity contribution in [3.63, 3.8) is 0 Å². The molecule has 0 aliphatic rings. The molecule has 0 saturated heterocycles. The Hall–Kier alpha value is -1.49. The standard InChI is InChI=1S/C14H19NO3S/c1-14(2,13(17)18)15-12(16)10-19-9-8-11-6-4-3-5-7-11/h3-7H,8-10H2,1-2H3,(H,15,16)(H,17,18). The highest BCUT2D eigenvalue weighted by Gasteiger charge is 2.28. The third-order valence-electron chi connectivity index (χ3n) is 2.60. The first kappa shape index (κ1) is 15.6. The Balaban J connectivity index is 2.23. The zero-order chi connectivity index (χ0) is 14.3. The quantitative estimate of drug-likeness (QED) is 0.750. The van der Waals surface area contributed by atoms with E-state index in [1.165, 1.54) is 31.2 Å². The Kier molecular flexibility index (Phi) is 5.89. The SMILES string of the molecule is CC(C)(NC(=O)CSCCc1ccccc1)C(=O)O. The molecule has 19 heavy (non-hydrogen) atoms. The number of carboxylic acids is 1. The first-order valence-electron chi connectivity index (χ1n) is 6.08. The van der Waals surface area contributed by atoms with Crippen LogP contribution in [0.1, 0.15) is 19.4 Å². The molecule has 0 bridgehead atoms. The number of carboxylic acid groups (broad SMARTS) is 1. The van der Waals surface area contributed by atoms with Crippen molar-refractivity contribution in [3.05, 3.63) is 35.9 Å². The molecule has 4 nitrogen and oxygen atoms in total. The molecule has 104 valence electrons. The number of carbonyl (C=O) groups excluding carboxylic acids is 1. The fourth-order valence-electron chi connectivity index (χ4n) is 1.44. The molecule has 0 aliphatic heterocycles. The Morgan fingerprint density at radius 3 is 2.47 bits per heavy atom. The van der Waals surface area contributed by atoms with Gasteiger partial charge in [-0.3, -0.25) is 4.79 Å². The Morgan fingerprint density at radius 2 is 1.89 bits per heavy atom.